The van der Waals surface area contributed by atoms with Gasteiger partial charge in [0.05, 0.1) is 12.8 Å². The summed E-state index contributed by atoms with van der Waals surface area (Å²) in [6.45, 7) is 2.88. The molecule has 0 amide bonds. The lowest BCUT2D eigenvalue weighted by atomic mass is 10.0. The molecule has 1 aromatic heterocycles. The monoisotopic (exact) mass is 319 g/mol. The number of carboxylic acid groups (broad SMARTS) is 2. The van der Waals surface area contributed by atoms with Crippen molar-refractivity contribution in [1.29, 1.82) is 0 Å². The van der Waals surface area contributed by atoms with Crippen LogP contribution in [0, 0.1) is 0 Å². The van der Waals surface area contributed by atoms with Crippen molar-refractivity contribution in [3.05, 3.63) is 41.2 Å². The Hall–Kier alpha value is -2.90. The average molecular weight is 319 g/mol. The van der Waals surface area contributed by atoms with Crippen molar-refractivity contribution < 1.29 is 24.5 Å². The summed E-state index contributed by atoms with van der Waals surface area (Å²) in [5.74, 6) is -1.71. The third-order valence-electron chi connectivity index (χ3n) is 3.55. The minimum absolute atomic E-state index is 0.190. The van der Waals surface area contributed by atoms with Gasteiger partial charge in [-0.15, -0.1) is 5.10 Å². The smallest absolute Gasteiger partial charge is 0.358 e. The van der Waals surface area contributed by atoms with Crippen LogP contribution < -0.4 is 4.74 Å². The molecule has 0 radical (unpaired) electrons. The van der Waals surface area contributed by atoms with Gasteiger partial charge in [0.2, 0.25) is 0 Å². The molecule has 2 N–H and O–H groups in total. The molecule has 0 atom stereocenters. The number of aromatic carboxylic acids is 1. The molecular weight excluding hydrogens is 302 g/mol. The lowest BCUT2D eigenvalue weighted by Gasteiger charge is -2.21. The third kappa shape index (κ3) is 3.15. The second kappa shape index (κ2) is 6.07. The number of benzene rings is 1. The molecule has 0 spiro atoms. The van der Waals surface area contributed by atoms with Crippen LogP contribution in [-0.4, -0.2) is 44.3 Å². The molecule has 23 heavy (non-hydrogen) atoms. The van der Waals surface area contributed by atoms with E-state index in [1.807, 2.05) is 0 Å². The van der Waals surface area contributed by atoms with Crippen molar-refractivity contribution in [2.24, 2.45) is 0 Å². The van der Waals surface area contributed by atoms with Crippen LogP contribution in [0.25, 0.3) is 0 Å². The van der Waals surface area contributed by atoms with E-state index in [0.29, 0.717) is 5.75 Å². The molecule has 0 aliphatic rings. The second-order valence-corrected chi connectivity index (χ2v) is 5.49. The summed E-state index contributed by atoms with van der Waals surface area (Å²) in [4.78, 5) is 22.8. The first-order valence-electron chi connectivity index (χ1n) is 6.82. The molecule has 1 aromatic carbocycles. The lowest BCUT2D eigenvalue weighted by molar-refractivity contribution is -0.146. The van der Waals surface area contributed by atoms with E-state index in [1.54, 1.807) is 31.4 Å². The van der Waals surface area contributed by atoms with E-state index >= 15 is 0 Å². The van der Waals surface area contributed by atoms with E-state index in [2.05, 4.69) is 10.3 Å². The van der Waals surface area contributed by atoms with Crippen molar-refractivity contribution in [1.82, 2.24) is 15.0 Å². The van der Waals surface area contributed by atoms with Crippen molar-refractivity contribution in [3.63, 3.8) is 0 Å². The molecule has 8 nitrogen and oxygen atoms in total. The summed E-state index contributed by atoms with van der Waals surface area (Å²) in [7, 11) is 1.55. The van der Waals surface area contributed by atoms with Gasteiger partial charge in [-0.3, -0.25) is 0 Å². The molecule has 122 valence electrons. The Morgan fingerprint density at radius 1 is 1.22 bits per heavy atom. The first-order valence-corrected chi connectivity index (χ1v) is 6.82. The highest BCUT2D eigenvalue weighted by molar-refractivity contribution is 5.87. The lowest BCUT2D eigenvalue weighted by Crippen LogP contribution is -2.38. The zero-order chi connectivity index (χ0) is 17.2. The Morgan fingerprint density at radius 3 is 2.30 bits per heavy atom. The fraction of sp³-hybridized carbons (Fsp3) is 0.333. The number of hydrogen-bond acceptors (Lipinski definition) is 5. The maximum absolute atomic E-state index is 11.4. The SMILES string of the molecule is COc1ccc(Cc2c(C(=O)O)nnn2C(C)(C)C(=O)O)cc1. The quantitative estimate of drug-likeness (QED) is 0.827. The summed E-state index contributed by atoms with van der Waals surface area (Å²) >= 11 is 0. The summed E-state index contributed by atoms with van der Waals surface area (Å²) in [5, 5.41) is 26.0. The summed E-state index contributed by atoms with van der Waals surface area (Å²) < 4.78 is 6.22. The number of aliphatic carboxylic acids is 1. The van der Waals surface area contributed by atoms with E-state index in [9.17, 15) is 19.8 Å². The fourth-order valence-electron chi connectivity index (χ4n) is 2.10. The van der Waals surface area contributed by atoms with Crippen molar-refractivity contribution in [2.45, 2.75) is 25.8 Å². The second-order valence-electron chi connectivity index (χ2n) is 5.49. The molecule has 0 saturated heterocycles. The maximum Gasteiger partial charge on any atom is 0.358 e. The molecule has 1 heterocycles. The van der Waals surface area contributed by atoms with Gasteiger partial charge in [-0.05, 0) is 31.5 Å². The van der Waals surface area contributed by atoms with Crippen LogP contribution in [0.15, 0.2) is 24.3 Å². The first-order chi connectivity index (χ1) is 10.8. The number of rotatable bonds is 6. The zero-order valence-electron chi connectivity index (χ0n) is 13.0. The van der Waals surface area contributed by atoms with E-state index in [0.717, 1.165) is 10.2 Å². The van der Waals surface area contributed by atoms with Crippen LogP contribution in [0.2, 0.25) is 0 Å². The number of carboxylic acids is 2. The Balaban J connectivity index is 2.48. The number of aromatic nitrogens is 3. The van der Waals surface area contributed by atoms with Gasteiger partial charge in [0, 0.05) is 6.42 Å². The van der Waals surface area contributed by atoms with Gasteiger partial charge in [0.25, 0.3) is 0 Å². The standard InChI is InChI=1S/C15H17N3O5/c1-15(2,14(21)22)18-11(12(13(19)20)16-17-18)8-9-4-6-10(23-3)7-5-9/h4-7H,8H2,1-3H3,(H,19,20)(H,21,22). The highest BCUT2D eigenvalue weighted by Gasteiger charge is 2.35. The molecule has 0 saturated carbocycles. The van der Waals surface area contributed by atoms with E-state index in [1.165, 1.54) is 13.8 Å². The summed E-state index contributed by atoms with van der Waals surface area (Å²) in [6, 6.07) is 7.03. The predicted molar refractivity (Wildman–Crippen MR) is 79.7 cm³/mol. The maximum atomic E-state index is 11.4. The summed E-state index contributed by atoms with van der Waals surface area (Å²) in [6.07, 6.45) is 0.190. The van der Waals surface area contributed by atoms with E-state index in [-0.39, 0.29) is 17.8 Å². The topological polar surface area (TPSA) is 115 Å². The fourth-order valence-corrected chi connectivity index (χ4v) is 2.10. The number of hydrogen-bond donors (Lipinski definition) is 2. The van der Waals surface area contributed by atoms with Crippen LogP contribution in [0.4, 0.5) is 0 Å². The van der Waals surface area contributed by atoms with Gasteiger partial charge in [-0.25, -0.2) is 14.3 Å². The Labute approximate surface area is 132 Å². The number of nitrogens with zero attached hydrogens (tertiary/aromatic N) is 3. The third-order valence-corrected chi connectivity index (χ3v) is 3.55. The normalized spacial score (nSPS) is 11.3. The minimum Gasteiger partial charge on any atom is -0.497 e. The van der Waals surface area contributed by atoms with Crippen LogP contribution in [0.5, 0.6) is 5.75 Å². The molecule has 0 aliphatic carbocycles. The number of carbonyl (C=O) groups is 2. The zero-order valence-corrected chi connectivity index (χ0v) is 13.0. The van der Waals surface area contributed by atoms with Gasteiger partial charge in [-0.1, -0.05) is 17.3 Å². The molecule has 2 rings (SSSR count). The molecule has 0 unspecified atom stereocenters. The van der Waals surface area contributed by atoms with Gasteiger partial charge < -0.3 is 14.9 Å². The van der Waals surface area contributed by atoms with Gasteiger partial charge in [-0.2, -0.15) is 0 Å². The molecule has 0 aliphatic heterocycles. The Morgan fingerprint density at radius 2 is 1.83 bits per heavy atom. The highest BCUT2D eigenvalue weighted by atomic mass is 16.5. The van der Waals surface area contributed by atoms with Crippen LogP contribution in [-0.2, 0) is 16.8 Å². The van der Waals surface area contributed by atoms with Crippen molar-refractivity contribution in [2.75, 3.05) is 7.11 Å². The van der Waals surface area contributed by atoms with Gasteiger partial charge >= 0.3 is 11.9 Å². The van der Waals surface area contributed by atoms with Gasteiger partial charge in [0.15, 0.2) is 11.2 Å². The molecule has 0 fully saturated rings. The predicted octanol–water partition coefficient (Wildman–Crippen LogP) is 1.40. The molecule has 0 bridgehead atoms. The van der Waals surface area contributed by atoms with Crippen molar-refractivity contribution in [3.8, 4) is 5.75 Å². The molecule has 2 aromatic rings. The first kappa shape index (κ1) is 16.5. The Kier molecular flexibility index (Phi) is 4.35. The summed E-state index contributed by atoms with van der Waals surface area (Å²) in [5.41, 5.74) is -0.647. The van der Waals surface area contributed by atoms with Crippen molar-refractivity contribution >= 4 is 11.9 Å². The largest absolute Gasteiger partial charge is 0.497 e. The van der Waals surface area contributed by atoms with Crippen LogP contribution in [0.3, 0.4) is 0 Å². The van der Waals surface area contributed by atoms with E-state index in [4.69, 9.17) is 4.74 Å². The van der Waals surface area contributed by atoms with Gasteiger partial charge in [0.1, 0.15) is 5.75 Å². The minimum atomic E-state index is -1.41. The molecule has 8 heteroatoms. The van der Waals surface area contributed by atoms with E-state index < -0.39 is 17.5 Å². The number of methoxy groups -OCH3 is 1. The highest BCUT2D eigenvalue weighted by Crippen LogP contribution is 2.22. The Bertz CT molecular complexity index is 734. The average Bonchev–Trinajstić information content (AvgIpc) is 2.92. The number of ether oxygens (including phenoxy) is 1. The van der Waals surface area contributed by atoms with Crippen LogP contribution >= 0.6 is 0 Å². The molecular formula is C15H17N3O5. The van der Waals surface area contributed by atoms with Crippen LogP contribution in [0.1, 0.15) is 35.6 Å².